The Bertz CT molecular complexity index is 655. The van der Waals surface area contributed by atoms with E-state index >= 15 is 0 Å². The van der Waals surface area contributed by atoms with Crippen LogP contribution in [0.25, 0.3) is 0 Å². The van der Waals surface area contributed by atoms with Crippen molar-refractivity contribution in [3.05, 3.63) is 41.3 Å². The van der Waals surface area contributed by atoms with E-state index in [0.29, 0.717) is 5.15 Å². The number of nitrogens with zero attached hydrogens (tertiary/aromatic N) is 3. The van der Waals surface area contributed by atoms with Gasteiger partial charge in [0.15, 0.2) is 0 Å². The second kappa shape index (κ2) is 5.39. The average molecular weight is 319 g/mol. The Morgan fingerprint density at radius 2 is 2.05 bits per heavy atom. The van der Waals surface area contributed by atoms with Crippen LogP contribution in [-0.4, -0.2) is 23.1 Å². The van der Waals surface area contributed by atoms with Crippen molar-refractivity contribution >= 4 is 34.9 Å². The molecule has 1 N–H and O–H groups in total. The van der Waals surface area contributed by atoms with Gasteiger partial charge in [0.25, 0.3) is 0 Å². The van der Waals surface area contributed by atoms with Crippen molar-refractivity contribution in [2.24, 2.45) is 0 Å². The third-order valence-corrected chi connectivity index (χ3v) is 5.29. The quantitative estimate of drug-likeness (QED) is 0.849. The molecule has 1 atom stereocenters. The molecule has 1 unspecified atom stereocenters. The molecule has 2 aromatic rings. The first kappa shape index (κ1) is 13.2. The van der Waals surface area contributed by atoms with Crippen LogP contribution >= 0.6 is 23.4 Å². The van der Waals surface area contributed by atoms with Crippen molar-refractivity contribution in [1.29, 1.82) is 0 Å². The lowest BCUT2D eigenvalue weighted by atomic mass is 10.2. The predicted molar refractivity (Wildman–Crippen MR) is 87.2 cm³/mol. The van der Waals surface area contributed by atoms with E-state index in [1.54, 1.807) is 18.0 Å². The second-order valence-corrected chi connectivity index (χ2v) is 6.82. The zero-order valence-electron chi connectivity index (χ0n) is 11.4. The zero-order chi connectivity index (χ0) is 14.2. The summed E-state index contributed by atoms with van der Waals surface area (Å²) in [6.45, 7) is 2.25. The second-order valence-electron chi connectivity index (χ2n) is 5.29. The minimum absolute atomic E-state index is 0.181. The molecular weight excluding hydrogens is 304 g/mol. The van der Waals surface area contributed by atoms with Crippen LogP contribution in [0, 0.1) is 0 Å². The van der Waals surface area contributed by atoms with Crippen molar-refractivity contribution in [3.8, 4) is 0 Å². The van der Waals surface area contributed by atoms with Gasteiger partial charge in [-0.15, -0.1) is 0 Å². The summed E-state index contributed by atoms with van der Waals surface area (Å²) in [6, 6.07) is 6.18. The van der Waals surface area contributed by atoms with Gasteiger partial charge in [-0.1, -0.05) is 29.4 Å². The van der Waals surface area contributed by atoms with Crippen LogP contribution in [0.5, 0.6) is 0 Å². The molecule has 2 aliphatic heterocycles. The summed E-state index contributed by atoms with van der Waals surface area (Å²) in [7, 11) is 0. The summed E-state index contributed by atoms with van der Waals surface area (Å²) in [5.41, 5.74) is 2.22. The van der Waals surface area contributed by atoms with Crippen molar-refractivity contribution in [1.82, 2.24) is 9.97 Å². The molecule has 0 radical (unpaired) electrons. The summed E-state index contributed by atoms with van der Waals surface area (Å²) >= 11 is 7.69. The zero-order valence-corrected chi connectivity index (χ0v) is 13.0. The molecule has 21 heavy (non-hydrogen) atoms. The van der Waals surface area contributed by atoms with Gasteiger partial charge in [0, 0.05) is 29.7 Å². The Morgan fingerprint density at radius 3 is 2.81 bits per heavy atom. The standard InChI is InChI=1S/C15H15ClN4S/c16-13-7-12-11(9-17-13)19-15(21-12)10-3-4-14(18-8-10)20-5-1-2-6-20/h3-4,7-9,15,19H,1-2,5-6H2. The van der Waals surface area contributed by atoms with E-state index in [4.69, 9.17) is 11.6 Å². The topological polar surface area (TPSA) is 41.1 Å². The largest absolute Gasteiger partial charge is 0.367 e. The third kappa shape index (κ3) is 2.56. The van der Waals surface area contributed by atoms with Crippen LogP contribution in [0.15, 0.2) is 35.5 Å². The monoisotopic (exact) mass is 318 g/mol. The molecule has 2 aliphatic rings. The maximum absolute atomic E-state index is 5.94. The normalized spacial score (nSPS) is 20.4. The van der Waals surface area contributed by atoms with Gasteiger partial charge in [0.05, 0.1) is 11.9 Å². The number of anilines is 2. The van der Waals surface area contributed by atoms with E-state index in [2.05, 4.69) is 32.3 Å². The first-order valence-corrected chi connectivity index (χ1v) is 8.35. The van der Waals surface area contributed by atoms with Crippen molar-refractivity contribution < 1.29 is 0 Å². The lowest BCUT2D eigenvalue weighted by Gasteiger charge is -2.17. The Hall–Kier alpha value is -1.46. The molecule has 0 spiro atoms. The molecule has 1 saturated heterocycles. The fourth-order valence-corrected chi connectivity index (χ4v) is 4.11. The van der Waals surface area contributed by atoms with E-state index in [9.17, 15) is 0 Å². The molecule has 4 rings (SSSR count). The number of thioether (sulfide) groups is 1. The lowest BCUT2D eigenvalue weighted by molar-refractivity contribution is 0.931. The van der Waals surface area contributed by atoms with Gasteiger partial charge in [0.1, 0.15) is 16.3 Å². The van der Waals surface area contributed by atoms with Crippen molar-refractivity contribution in [2.75, 3.05) is 23.3 Å². The summed E-state index contributed by atoms with van der Waals surface area (Å²) in [6.07, 6.45) is 6.30. The maximum Gasteiger partial charge on any atom is 0.130 e. The molecule has 0 amide bonds. The number of nitrogens with one attached hydrogen (secondary N) is 1. The molecule has 4 heterocycles. The number of fused-ring (bicyclic) bond motifs is 1. The van der Waals surface area contributed by atoms with Gasteiger partial charge < -0.3 is 10.2 Å². The van der Waals surface area contributed by atoms with E-state index in [-0.39, 0.29) is 5.37 Å². The van der Waals surface area contributed by atoms with Gasteiger partial charge in [0.2, 0.25) is 0 Å². The van der Waals surface area contributed by atoms with Crippen LogP contribution in [0.2, 0.25) is 5.15 Å². The highest BCUT2D eigenvalue weighted by Gasteiger charge is 2.24. The van der Waals surface area contributed by atoms with Crippen LogP contribution in [0.1, 0.15) is 23.8 Å². The Balaban J connectivity index is 1.53. The van der Waals surface area contributed by atoms with Gasteiger partial charge in [-0.25, -0.2) is 9.97 Å². The number of aromatic nitrogens is 2. The highest BCUT2D eigenvalue weighted by molar-refractivity contribution is 8.00. The molecular formula is C15H15ClN4S. The predicted octanol–water partition coefficient (Wildman–Crippen LogP) is 3.95. The first-order chi connectivity index (χ1) is 10.3. The first-order valence-electron chi connectivity index (χ1n) is 7.09. The molecule has 2 aromatic heterocycles. The Labute approximate surface area is 132 Å². The fraction of sp³-hybridized carbons (Fsp3) is 0.333. The van der Waals surface area contributed by atoms with E-state index < -0.39 is 0 Å². The van der Waals surface area contributed by atoms with Crippen molar-refractivity contribution in [3.63, 3.8) is 0 Å². The smallest absolute Gasteiger partial charge is 0.130 e. The van der Waals surface area contributed by atoms with Crippen LogP contribution in [0.3, 0.4) is 0 Å². The number of halogens is 1. The maximum atomic E-state index is 5.94. The van der Waals surface area contributed by atoms with E-state index in [1.807, 2.05) is 12.3 Å². The van der Waals surface area contributed by atoms with Crippen molar-refractivity contribution in [2.45, 2.75) is 23.1 Å². The highest BCUT2D eigenvalue weighted by Crippen LogP contribution is 2.46. The van der Waals surface area contributed by atoms with Crippen LogP contribution < -0.4 is 10.2 Å². The summed E-state index contributed by atoms with van der Waals surface area (Å²) in [4.78, 5) is 12.2. The molecule has 0 aliphatic carbocycles. The SMILES string of the molecule is Clc1cc2c(cn1)NC(c1ccc(N3CCCC3)nc1)S2. The molecule has 0 aromatic carbocycles. The van der Waals surface area contributed by atoms with Gasteiger partial charge in [-0.3, -0.25) is 0 Å². The number of pyridine rings is 2. The molecule has 4 nitrogen and oxygen atoms in total. The van der Waals surface area contributed by atoms with E-state index in [1.165, 1.54) is 18.4 Å². The summed E-state index contributed by atoms with van der Waals surface area (Å²) < 4.78 is 0. The molecule has 0 bridgehead atoms. The fourth-order valence-electron chi connectivity index (χ4n) is 2.75. The number of hydrogen-bond acceptors (Lipinski definition) is 5. The average Bonchev–Trinajstić information content (AvgIpc) is 3.16. The summed E-state index contributed by atoms with van der Waals surface area (Å²) in [5.74, 6) is 1.08. The number of hydrogen-bond donors (Lipinski definition) is 1. The molecule has 6 heteroatoms. The molecule has 1 fully saturated rings. The van der Waals surface area contributed by atoms with E-state index in [0.717, 1.165) is 29.5 Å². The lowest BCUT2D eigenvalue weighted by Crippen LogP contribution is -2.18. The highest BCUT2D eigenvalue weighted by atomic mass is 35.5. The third-order valence-electron chi connectivity index (χ3n) is 3.87. The van der Waals surface area contributed by atoms with Gasteiger partial charge >= 0.3 is 0 Å². The Morgan fingerprint density at radius 1 is 1.19 bits per heavy atom. The van der Waals surface area contributed by atoms with Gasteiger partial charge in [-0.2, -0.15) is 0 Å². The minimum atomic E-state index is 0.181. The Kier molecular flexibility index (Phi) is 3.39. The van der Waals surface area contributed by atoms with Crippen LogP contribution in [0.4, 0.5) is 11.5 Å². The van der Waals surface area contributed by atoms with Gasteiger partial charge in [-0.05, 0) is 25.0 Å². The number of rotatable bonds is 2. The van der Waals surface area contributed by atoms with Crippen LogP contribution in [-0.2, 0) is 0 Å². The molecule has 108 valence electrons. The minimum Gasteiger partial charge on any atom is -0.367 e. The molecule has 0 saturated carbocycles. The summed E-state index contributed by atoms with van der Waals surface area (Å²) in [5, 5.41) is 4.17.